The Bertz CT molecular complexity index is 758. The van der Waals surface area contributed by atoms with Gasteiger partial charge in [-0.2, -0.15) is 0 Å². The van der Waals surface area contributed by atoms with Crippen molar-refractivity contribution in [3.05, 3.63) is 22.4 Å². The van der Waals surface area contributed by atoms with Crippen molar-refractivity contribution < 1.29 is 14.4 Å². The van der Waals surface area contributed by atoms with Crippen LogP contribution in [0, 0.1) is 17.8 Å². The maximum Gasteiger partial charge on any atom is 0.263 e. The Morgan fingerprint density at radius 2 is 1.53 bits per heavy atom. The summed E-state index contributed by atoms with van der Waals surface area (Å²) < 4.78 is 0. The Kier molecular flexibility index (Phi) is 6.76. The molecule has 30 heavy (non-hydrogen) atoms. The normalized spacial score (nSPS) is 26.0. The van der Waals surface area contributed by atoms with Crippen LogP contribution in [0.2, 0.25) is 0 Å². The molecule has 164 valence electrons. The van der Waals surface area contributed by atoms with Crippen molar-refractivity contribution in [1.82, 2.24) is 14.7 Å². The third-order valence-corrected chi connectivity index (χ3v) is 7.77. The fourth-order valence-electron chi connectivity index (χ4n) is 5.17. The molecule has 0 radical (unpaired) electrons. The summed E-state index contributed by atoms with van der Waals surface area (Å²) in [5.74, 6) is 1.04. The van der Waals surface area contributed by atoms with Crippen molar-refractivity contribution >= 4 is 29.1 Å². The van der Waals surface area contributed by atoms with Crippen LogP contribution in [0.3, 0.4) is 0 Å². The van der Waals surface area contributed by atoms with Crippen molar-refractivity contribution in [2.45, 2.75) is 45.4 Å². The van der Waals surface area contributed by atoms with E-state index in [1.807, 2.05) is 32.2 Å². The largest absolute Gasteiger partial charge is 0.342 e. The average Bonchev–Trinajstić information content (AvgIpc) is 3.33. The summed E-state index contributed by atoms with van der Waals surface area (Å²) in [6, 6.07) is 3.74. The van der Waals surface area contributed by atoms with Gasteiger partial charge >= 0.3 is 0 Å². The number of carbonyl (C=O) groups is 3. The Balaban J connectivity index is 1.28. The van der Waals surface area contributed by atoms with Crippen LogP contribution in [0.5, 0.6) is 0 Å². The maximum absolute atomic E-state index is 13.1. The Labute approximate surface area is 183 Å². The van der Waals surface area contributed by atoms with Gasteiger partial charge in [0, 0.05) is 45.2 Å². The van der Waals surface area contributed by atoms with Gasteiger partial charge in [0.05, 0.1) is 10.8 Å². The van der Waals surface area contributed by atoms with E-state index in [0.29, 0.717) is 31.5 Å². The topological polar surface area (TPSA) is 60.9 Å². The van der Waals surface area contributed by atoms with Crippen LogP contribution in [-0.2, 0) is 9.59 Å². The first-order valence-corrected chi connectivity index (χ1v) is 12.3. The number of amides is 3. The monoisotopic (exact) mass is 431 g/mol. The Hall–Kier alpha value is -1.89. The average molecular weight is 432 g/mol. The molecule has 0 spiro atoms. The first-order chi connectivity index (χ1) is 14.5. The second-order valence-corrected chi connectivity index (χ2v) is 10.1. The summed E-state index contributed by atoms with van der Waals surface area (Å²) in [4.78, 5) is 45.2. The van der Waals surface area contributed by atoms with Gasteiger partial charge < -0.3 is 14.7 Å². The number of hydrogen-bond acceptors (Lipinski definition) is 4. The number of rotatable bonds is 3. The van der Waals surface area contributed by atoms with Gasteiger partial charge in [0.15, 0.2) is 0 Å². The molecule has 7 heteroatoms. The van der Waals surface area contributed by atoms with E-state index in [4.69, 9.17) is 0 Å². The zero-order valence-electron chi connectivity index (χ0n) is 17.9. The van der Waals surface area contributed by atoms with Gasteiger partial charge in [-0.3, -0.25) is 14.4 Å². The van der Waals surface area contributed by atoms with E-state index in [1.54, 1.807) is 0 Å². The smallest absolute Gasteiger partial charge is 0.263 e. The van der Waals surface area contributed by atoms with Crippen LogP contribution in [0.25, 0.3) is 0 Å². The predicted molar refractivity (Wildman–Crippen MR) is 117 cm³/mol. The first-order valence-electron chi connectivity index (χ1n) is 11.4. The summed E-state index contributed by atoms with van der Waals surface area (Å²) in [5.41, 5.74) is 0. The molecule has 2 atom stereocenters. The summed E-state index contributed by atoms with van der Waals surface area (Å²) in [7, 11) is 0. The fourth-order valence-corrected chi connectivity index (χ4v) is 5.86. The van der Waals surface area contributed by atoms with E-state index in [-0.39, 0.29) is 23.7 Å². The molecule has 0 saturated carbocycles. The van der Waals surface area contributed by atoms with E-state index < -0.39 is 0 Å². The molecule has 0 bridgehead atoms. The molecule has 3 amide bonds. The second-order valence-electron chi connectivity index (χ2n) is 9.20. The van der Waals surface area contributed by atoms with Gasteiger partial charge in [-0.05, 0) is 55.9 Å². The number of hydrogen-bond donors (Lipinski definition) is 0. The van der Waals surface area contributed by atoms with Crippen LogP contribution in [-0.4, -0.2) is 71.7 Å². The molecule has 4 heterocycles. The molecule has 0 aliphatic carbocycles. The third kappa shape index (κ3) is 4.71. The zero-order valence-corrected chi connectivity index (χ0v) is 18.7. The van der Waals surface area contributed by atoms with E-state index in [1.165, 1.54) is 17.8 Å². The molecule has 0 aromatic carbocycles. The predicted octanol–water partition coefficient (Wildman–Crippen LogP) is 3.10. The van der Waals surface area contributed by atoms with E-state index in [2.05, 4.69) is 6.92 Å². The third-order valence-electron chi connectivity index (χ3n) is 6.91. The first kappa shape index (κ1) is 21.3. The van der Waals surface area contributed by atoms with Gasteiger partial charge in [0.2, 0.25) is 11.8 Å². The lowest BCUT2D eigenvalue weighted by Crippen LogP contribution is -2.50. The highest BCUT2D eigenvalue weighted by molar-refractivity contribution is 7.12. The van der Waals surface area contributed by atoms with Gasteiger partial charge in [0.1, 0.15) is 0 Å². The quantitative estimate of drug-likeness (QED) is 0.739. The van der Waals surface area contributed by atoms with Crippen molar-refractivity contribution in [2.75, 3.05) is 39.3 Å². The van der Waals surface area contributed by atoms with Gasteiger partial charge in [0.25, 0.3) is 5.91 Å². The number of nitrogens with zero attached hydrogens (tertiary/aromatic N) is 3. The summed E-state index contributed by atoms with van der Waals surface area (Å²) >= 11 is 1.45. The molecule has 3 saturated heterocycles. The van der Waals surface area contributed by atoms with Gasteiger partial charge in [-0.15, -0.1) is 11.3 Å². The molecule has 3 aliphatic rings. The van der Waals surface area contributed by atoms with Crippen molar-refractivity contribution in [1.29, 1.82) is 0 Å². The molecule has 2 unspecified atom stereocenters. The minimum absolute atomic E-state index is 0.0440. The van der Waals surface area contributed by atoms with Crippen LogP contribution in [0.1, 0.15) is 55.1 Å². The van der Waals surface area contributed by atoms with Gasteiger partial charge in [-0.25, -0.2) is 0 Å². The lowest BCUT2D eigenvalue weighted by Gasteiger charge is -2.39. The van der Waals surface area contributed by atoms with E-state index in [9.17, 15) is 14.4 Å². The van der Waals surface area contributed by atoms with Crippen LogP contribution in [0.4, 0.5) is 0 Å². The van der Waals surface area contributed by atoms with Gasteiger partial charge in [-0.1, -0.05) is 13.0 Å². The van der Waals surface area contributed by atoms with Crippen molar-refractivity contribution in [3.8, 4) is 0 Å². The second kappa shape index (κ2) is 9.50. The SMILES string of the molecule is CC1CCCN(C(=O)C2CCN(C(=O)C3CCCN(C(=O)c4cccs4)C3)CC2)C1. The molecular formula is C23H33N3O3S. The molecule has 6 nitrogen and oxygen atoms in total. The fraction of sp³-hybridized carbons (Fsp3) is 0.696. The standard InChI is InChI=1S/C23H33N3O3S/c1-17-5-2-10-25(15-17)21(27)18-8-12-24(13-9-18)22(28)19-6-3-11-26(16-19)23(29)20-7-4-14-30-20/h4,7,14,17-19H,2-3,5-6,8-13,15-16H2,1H3. The summed E-state index contributed by atoms with van der Waals surface area (Å²) in [6.07, 6.45) is 5.56. The molecule has 4 rings (SSSR count). The van der Waals surface area contributed by atoms with Crippen LogP contribution in [0.15, 0.2) is 17.5 Å². The molecule has 1 aromatic heterocycles. The van der Waals surface area contributed by atoms with Crippen molar-refractivity contribution in [3.63, 3.8) is 0 Å². The molecule has 0 N–H and O–H groups in total. The highest BCUT2D eigenvalue weighted by Gasteiger charge is 2.36. The van der Waals surface area contributed by atoms with Crippen molar-refractivity contribution in [2.24, 2.45) is 17.8 Å². The molecule has 3 fully saturated rings. The number of piperidine rings is 3. The lowest BCUT2D eigenvalue weighted by molar-refractivity contribution is -0.144. The highest BCUT2D eigenvalue weighted by Crippen LogP contribution is 2.27. The maximum atomic E-state index is 13.1. The summed E-state index contributed by atoms with van der Waals surface area (Å²) in [5, 5.41) is 1.91. The number of carbonyl (C=O) groups excluding carboxylic acids is 3. The number of likely N-dealkylation sites (tertiary alicyclic amines) is 3. The van der Waals surface area contributed by atoms with Crippen LogP contribution < -0.4 is 0 Å². The molecular weight excluding hydrogens is 398 g/mol. The summed E-state index contributed by atoms with van der Waals surface area (Å²) in [6.45, 7) is 6.55. The van der Waals surface area contributed by atoms with Crippen LogP contribution >= 0.6 is 11.3 Å². The minimum atomic E-state index is -0.113. The van der Waals surface area contributed by atoms with E-state index in [0.717, 1.165) is 56.6 Å². The zero-order chi connectivity index (χ0) is 21.1. The minimum Gasteiger partial charge on any atom is -0.342 e. The number of thiophene rings is 1. The van der Waals surface area contributed by atoms with E-state index >= 15 is 0 Å². The highest BCUT2D eigenvalue weighted by atomic mass is 32.1. The molecule has 3 aliphatic heterocycles. The Morgan fingerprint density at radius 1 is 0.833 bits per heavy atom. The lowest BCUT2D eigenvalue weighted by atomic mass is 9.91. The Morgan fingerprint density at radius 3 is 2.23 bits per heavy atom. The molecule has 1 aromatic rings.